The quantitative estimate of drug-likeness (QED) is 0.820. The fourth-order valence-electron chi connectivity index (χ4n) is 3.49. The lowest BCUT2D eigenvalue weighted by Gasteiger charge is -2.39. The van der Waals surface area contributed by atoms with Crippen LogP contribution in [0, 0.1) is 5.92 Å². The molecular formula is C21H28ClN3O2. The molecule has 0 saturated carbocycles. The summed E-state index contributed by atoms with van der Waals surface area (Å²) in [6.45, 7) is 9.23. The molecule has 1 fully saturated rings. The number of amides is 1. The molecule has 1 unspecified atom stereocenters. The van der Waals surface area contributed by atoms with E-state index in [1.807, 2.05) is 24.3 Å². The van der Waals surface area contributed by atoms with E-state index < -0.39 is 0 Å². The van der Waals surface area contributed by atoms with Gasteiger partial charge in [0, 0.05) is 44.3 Å². The minimum atomic E-state index is -0.187. The monoisotopic (exact) mass is 389 g/mol. The third-order valence-corrected chi connectivity index (χ3v) is 5.55. The maximum atomic E-state index is 12.6. The molecule has 5 nitrogen and oxygen atoms in total. The van der Waals surface area contributed by atoms with Crippen molar-refractivity contribution in [3.05, 3.63) is 47.2 Å². The summed E-state index contributed by atoms with van der Waals surface area (Å²) in [6, 6.07) is 11.3. The van der Waals surface area contributed by atoms with E-state index in [1.54, 1.807) is 12.1 Å². The van der Waals surface area contributed by atoms with E-state index in [0.29, 0.717) is 35.0 Å². The number of halogens is 1. The number of furan rings is 1. The van der Waals surface area contributed by atoms with Gasteiger partial charge in [-0.3, -0.25) is 9.69 Å². The summed E-state index contributed by atoms with van der Waals surface area (Å²) < 4.78 is 5.75. The maximum Gasteiger partial charge on any atom is 0.287 e. The molecule has 2 aromatic rings. The largest absolute Gasteiger partial charge is 0.451 e. The number of benzene rings is 1. The number of carbonyl (C=O) groups excluding carboxylic acids is 1. The molecular weight excluding hydrogens is 362 g/mol. The van der Waals surface area contributed by atoms with Crippen LogP contribution < -0.4 is 5.32 Å². The minimum Gasteiger partial charge on any atom is -0.451 e. The summed E-state index contributed by atoms with van der Waals surface area (Å²) in [7, 11) is 2.15. The van der Waals surface area contributed by atoms with Crippen molar-refractivity contribution < 1.29 is 9.21 Å². The maximum absolute atomic E-state index is 12.6. The summed E-state index contributed by atoms with van der Waals surface area (Å²) in [5.74, 6) is 1.19. The number of nitrogens with zero attached hydrogens (tertiary/aromatic N) is 2. The van der Waals surface area contributed by atoms with Crippen molar-refractivity contribution in [2.45, 2.75) is 19.9 Å². The Morgan fingerprint density at radius 2 is 1.85 bits per heavy atom. The molecule has 0 radical (unpaired) electrons. The zero-order valence-electron chi connectivity index (χ0n) is 16.2. The van der Waals surface area contributed by atoms with Crippen LogP contribution in [-0.4, -0.2) is 61.5 Å². The second kappa shape index (κ2) is 8.91. The van der Waals surface area contributed by atoms with Crippen molar-refractivity contribution in [1.82, 2.24) is 15.1 Å². The van der Waals surface area contributed by atoms with Crippen LogP contribution in [0.3, 0.4) is 0 Å². The van der Waals surface area contributed by atoms with Gasteiger partial charge in [-0.2, -0.15) is 0 Å². The first-order valence-electron chi connectivity index (χ1n) is 9.51. The van der Waals surface area contributed by atoms with E-state index in [9.17, 15) is 4.79 Å². The number of hydrogen-bond acceptors (Lipinski definition) is 4. The zero-order chi connectivity index (χ0) is 19.4. The molecule has 1 aliphatic rings. The van der Waals surface area contributed by atoms with Gasteiger partial charge in [0.1, 0.15) is 5.76 Å². The van der Waals surface area contributed by atoms with Gasteiger partial charge in [-0.25, -0.2) is 0 Å². The van der Waals surface area contributed by atoms with Crippen LogP contribution in [0.15, 0.2) is 40.8 Å². The Kier molecular flexibility index (Phi) is 6.58. The van der Waals surface area contributed by atoms with Gasteiger partial charge in [0.05, 0.1) is 5.02 Å². The van der Waals surface area contributed by atoms with E-state index in [1.165, 1.54) is 0 Å². The van der Waals surface area contributed by atoms with Gasteiger partial charge < -0.3 is 14.6 Å². The number of nitrogens with one attached hydrogen (secondary N) is 1. The molecule has 146 valence electrons. The van der Waals surface area contributed by atoms with Crippen LogP contribution in [0.4, 0.5) is 0 Å². The Bertz CT molecular complexity index is 766. The minimum absolute atomic E-state index is 0.187. The molecule has 1 atom stereocenters. The van der Waals surface area contributed by atoms with E-state index in [0.717, 1.165) is 31.7 Å². The van der Waals surface area contributed by atoms with Crippen molar-refractivity contribution in [2.75, 3.05) is 39.8 Å². The summed E-state index contributed by atoms with van der Waals surface area (Å²) in [4.78, 5) is 17.4. The molecule has 2 heterocycles. The van der Waals surface area contributed by atoms with Gasteiger partial charge >= 0.3 is 0 Å². The van der Waals surface area contributed by atoms with Gasteiger partial charge in [0.25, 0.3) is 5.91 Å². The van der Waals surface area contributed by atoms with E-state index >= 15 is 0 Å². The molecule has 1 N–H and O–H groups in total. The van der Waals surface area contributed by atoms with Crippen molar-refractivity contribution >= 4 is 17.5 Å². The summed E-state index contributed by atoms with van der Waals surface area (Å²) in [6.07, 6.45) is 0. The first-order chi connectivity index (χ1) is 13.0. The van der Waals surface area contributed by atoms with Crippen LogP contribution in [0.25, 0.3) is 11.3 Å². The molecule has 1 aromatic heterocycles. The van der Waals surface area contributed by atoms with E-state index in [4.69, 9.17) is 16.0 Å². The Morgan fingerprint density at radius 3 is 2.52 bits per heavy atom. The predicted molar refractivity (Wildman–Crippen MR) is 109 cm³/mol. The fraction of sp³-hybridized carbons (Fsp3) is 0.476. The molecule has 27 heavy (non-hydrogen) atoms. The van der Waals surface area contributed by atoms with E-state index in [2.05, 4.69) is 36.0 Å². The highest BCUT2D eigenvalue weighted by Gasteiger charge is 2.26. The highest BCUT2D eigenvalue weighted by Crippen LogP contribution is 2.29. The van der Waals surface area contributed by atoms with Crippen LogP contribution in [0.5, 0.6) is 0 Å². The van der Waals surface area contributed by atoms with Gasteiger partial charge in [-0.1, -0.05) is 37.6 Å². The van der Waals surface area contributed by atoms with Crippen LogP contribution in [0.1, 0.15) is 24.4 Å². The van der Waals surface area contributed by atoms with Crippen molar-refractivity contribution in [1.29, 1.82) is 0 Å². The lowest BCUT2D eigenvalue weighted by Crippen LogP contribution is -2.54. The number of hydrogen-bond donors (Lipinski definition) is 1. The molecule has 1 aromatic carbocycles. The number of rotatable bonds is 6. The predicted octanol–water partition coefficient (Wildman–Crippen LogP) is 3.60. The lowest BCUT2D eigenvalue weighted by atomic mass is 10.0. The number of likely N-dealkylation sites (N-methyl/N-ethyl adjacent to an activating group) is 1. The van der Waals surface area contributed by atoms with E-state index in [-0.39, 0.29) is 5.91 Å². The first-order valence-corrected chi connectivity index (χ1v) is 9.89. The normalized spacial score (nSPS) is 17.2. The van der Waals surface area contributed by atoms with Crippen LogP contribution >= 0.6 is 11.6 Å². The topological polar surface area (TPSA) is 48.7 Å². The first kappa shape index (κ1) is 19.9. The summed E-state index contributed by atoms with van der Waals surface area (Å²) in [5, 5.41) is 3.65. The average molecular weight is 390 g/mol. The fourth-order valence-corrected chi connectivity index (χ4v) is 3.72. The second-order valence-corrected chi connectivity index (χ2v) is 7.91. The number of piperazine rings is 1. The Hall–Kier alpha value is -1.82. The Morgan fingerprint density at radius 1 is 1.15 bits per heavy atom. The summed E-state index contributed by atoms with van der Waals surface area (Å²) in [5.41, 5.74) is 0.788. The Balaban J connectivity index is 1.62. The molecule has 6 heteroatoms. The van der Waals surface area contributed by atoms with Crippen molar-refractivity contribution in [2.24, 2.45) is 5.92 Å². The van der Waals surface area contributed by atoms with Gasteiger partial charge in [-0.05, 0) is 37.2 Å². The molecule has 1 aliphatic heterocycles. The molecule has 0 bridgehead atoms. The lowest BCUT2D eigenvalue weighted by molar-refractivity contribution is 0.0777. The molecule has 3 rings (SSSR count). The van der Waals surface area contributed by atoms with Crippen LogP contribution in [-0.2, 0) is 0 Å². The third kappa shape index (κ3) is 4.92. The smallest absolute Gasteiger partial charge is 0.287 e. The number of carbonyl (C=O) groups is 1. The Labute approximate surface area is 166 Å². The van der Waals surface area contributed by atoms with Gasteiger partial charge in [0.2, 0.25) is 0 Å². The van der Waals surface area contributed by atoms with Crippen molar-refractivity contribution in [3.8, 4) is 11.3 Å². The summed E-state index contributed by atoms with van der Waals surface area (Å²) >= 11 is 6.21. The van der Waals surface area contributed by atoms with Gasteiger partial charge in [0.15, 0.2) is 5.76 Å². The average Bonchev–Trinajstić information content (AvgIpc) is 3.13. The van der Waals surface area contributed by atoms with Gasteiger partial charge in [-0.15, -0.1) is 0 Å². The highest BCUT2D eigenvalue weighted by atomic mass is 35.5. The molecule has 1 saturated heterocycles. The standard InChI is InChI=1S/C21H28ClN3O2/c1-15(2)18(25-12-10-24(3)11-13-25)14-23-21(26)20-9-8-19(27-20)16-6-4-5-7-17(16)22/h4-9,15,18H,10-14H2,1-3H3,(H,23,26). The second-order valence-electron chi connectivity index (χ2n) is 7.50. The third-order valence-electron chi connectivity index (χ3n) is 5.22. The van der Waals surface area contributed by atoms with Crippen molar-refractivity contribution in [3.63, 3.8) is 0 Å². The molecule has 0 aliphatic carbocycles. The SMILES string of the molecule is CC(C)C(CNC(=O)c1ccc(-c2ccccc2Cl)o1)N1CCN(C)CC1. The highest BCUT2D eigenvalue weighted by molar-refractivity contribution is 6.33. The van der Waals surface area contributed by atoms with Crippen LogP contribution in [0.2, 0.25) is 5.02 Å². The molecule has 0 spiro atoms. The molecule has 1 amide bonds. The zero-order valence-corrected chi connectivity index (χ0v) is 17.0.